The number of allylic oxidation sites excluding steroid dienone is 1. The molecular formula is C14H14F4O2. The molecule has 0 spiro atoms. The van der Waals surface area contributed by atoms with Crippen LogP contribution in [0.25, 0.3) is 5.57 Å². The first-order chi connectivity index (χ1) is 9.47. The first kappa shape index (κ1) is 14.8. The summed E-state index contributed by atoms with van der Waals surface area (Å²) in [6, 6.07) is 3.29. The van der Waals surface area contributed by atoms with Crippen molar-refractivity contribution in [3.8, 4) is 0 Å². The van der Waals surface area contributed by atoms with E-state index in [9.17, 15) is 17.6 Å². The Balaban J connectivity index is 2.05. The summed E-state index contributed by atoms with van der Waals surface area (Å²) in [5.74, 6) is -1.32. The molecule has 2 nitrogen and oxygen atoms in total. The van der Waals surface area contributed by atoms with E-state index in [1.54, 1.807) is 0 Å². The second-order valence-electron chi connectivity index (χ2n) is 4.58. The molecule has 0 bridgehead atoms. The highest BCUT2D eigenvalue weighted by Crippen LogP contribution is 2.30. The molecule has 2 rings (SSSR count). The van der Waals surface area contributed by atoms with E-state index in [0.29, 0.717) is 18.4 Å². The van der Waals surface area contributed by atoms with E-state index in [-0.39, 0.29) is 5.56 Å². The van der Waals surface area contributed by atoms with E-state index < -0.39 is 30.5 Å². The van der Waals surface area contributed by atoms with E-state index in [2.05, 4.69) is 4.74 Å². The van der Waals surface area contributed by atoms with Gasteiger partial charge in [0.2, 0.25) is 0 Å². The number of hydrogen-bond acceptors (Lipinski definition) is 2. The molecular weight excluding hydrogens is 276 g/mol. The predicted molar refractivity (Wildman–Crippen MR) is 65.0 cm³/mol. The second-order valence-corrected chi connectivity index (χ2v) is 4.58. The van der Waals surface area contributed by atoms with Gasteiger partial charge in [-0.3, -0.25) is 0 Å². The molecule has 20 heavy (non-hydrogen) atoms. The molecule has 0 radical (unpaired) electrons. The van der Waals surface area contributed by atoms with Crippen molar-refractivity contribution >= 4 is 5.57 Å². The third kappa shape index (κ3) is 3.50. The Morgan fingerprint density at radius 2 is 2.05 bits per heavy atom. The zero-order valence-electron chi connectivity index (χ0n) is 10.8. The molecule has 0 aliphatic carbocycles. The third-order valence-corrected chi connectivity index (χ3v) is 3.20. The van der Waals surface area contributed by atoms with Gasteiger partial charge in [0, 0.05) is 11.6 Å². The van der Waals surface area contributed by atoms with Crippen LogP contribution in [0.2, 0.25) is 0 Å². The molecule has 0 aromatic heterocycles. The lowest BCUT2D eigenvalue weighted by Crippen LogP contribution is -2.31. The number of hydrogen-bond donors (Lipinski definition) is 0. The second kappa shape index (κ2) is 6.26. The van der Waals surface area contributed by atoms with E-state index in [4.69, 9.17) is 4.74 Å². The zero-order chi connectivity index (χ0) is 14.7. The Morgan fingerprint density at radius 1 is 1.30 bits per heavy atom. The summed E-state index contributed by atoms with van der Waals surface area (Å²) in [6.45, 7) is -1.36. The fourth-order valence-corrected chi connectivity index (χ4v) is 2.14. The van der Waals surface area contributed by atoms with Crippen molar-refractivity contribution < 1.29 is 27.0 Å². The van der Waals surface area contributed by atoms with Crippen molar-refractivity contribution in [2.45, 2.75) is 38.6 Å². The topological polar surface area (TPSA) is 18.5 Å². The fourth-order valence-electron chi connectivity index (χ4n) is 2.14. The van der Waals surface area contributed by atoms with E-state index in [1.165, 1.54) is 19.3 Å². The zero-order valence-corrected chi connectivity index (χ0v) is 10.8. The van der Waals surface area contributed by atoms with Gasteiger partial charge in [0.05, 0.1) is 12.4 Å². The van der Waals surface area contributed by atoms with Gasteiger partial charge in [0.1, 0.15) is 17.7 Å². The number of ether oxygens (including phenoxy) is 2. The lowest BCUT2D eigenvalue weighted by molar-refractivity contribution is -0.184. The van der Waals surface area contributed by atoms with Crippen LogP contribution in [0.5, 0.6) is 0 Å². The molecule has 1 aliphatic heterocycles. The van der Waals surface area contributed by atoms with Gasteiger partial charge in [0.15, 0.2) is 0 Å². The SMILES string of the molecule is C[C@@H](OC(F)F)[C@H]1CCC(c2ccc(F)cc2F)=CO1. The van der Waals surface area contributed by atoms with Crippen LogP contribution < -0.4 is 0 Å². The van der Waals surface area contributed by atoms with E-state index in [1.807, 2.05) is 0 Å². The van der Waals surface area contributed by atoms with Gasteiger partial charge in [-0.15, -0.1) is 0 Å². The number of rotatable bonds is 4. The molecule has 2 atom stereocenters. The molecule has 0 amide bonds. The van der Waals surface area contributed by atoms with Gasteiger partial charge in [-0.05, 0) is 37.5 Å². The smallest absolute Gasteiger partial charge is 0.345 e. The molecule has 1 aromatic rings. The van der Waals surface area contributed by atoms with Crippen LogP contribution in [-0.4, -0.2) is 18.8 Å². The standard InChI is InChI=1S/C14H14F4O2/c1-8(20-14(17)18)13-5-2-9(7-19-13)11-4-3-10(15)6-12(11)16/h3-4,6-8,13-14H,2,5H2,1H3/t8-,13-/m1/s1. The normalized spacial score (nSPS) is 20.5. The van der Waals surface area contributed by atoms with E-state index in [0.717, 1.165) is 12.1 Å². The minimum absolute atomic E-state index is 0.257. The molecule has 0 fully saturated rings. The predicted octanol–water partition coefficient (Wildman–Crippen LogP) is 4.11. The fraction of sp³-hybridized carbons (Fsp3) is 0.429. The molecule has 6 heteroatoms. The molecule has 0 N–H and O–H groups in total. The van der Waals surface area contributed by atoms with E-state index >= 15 is 0 Å². The number of benzene rings is 1. The number of alkyl halides is 2. The van der Waals surface area contributed by atoms with Crippen LogP contribution in [0.1, 0.15) is 25.3 Å². The first-order valence-electron chi connectivity index (χ1n) is 6.21. The Labute approximate surface area is 114 Å². The summed E-state index contributed by atoms with van der Waals surface area (Å²) in [5, 5.41) is 0. The molecule has 1 aromatic carbocycles. The quantitative estimate of drug-likeness (QED) is 0.777. The minimum atomic E-state index is -2.85. The average molecular weight is 290 g/mol. The van der Waals surface area contributed by atoms with Crippen LogP contribution in [0.4, 0.5) is 17.6 Å². The molecule has 110 valence electrons. The van der Waals surface area contributed by atoms with Crippen molar-refractivity contribution in [2.24, 2.45) is 0 Å². The van der Waals surface area contributed by atoms with Gasteiger partial charge in [0.25, 0.3) is 0 Å². The van der Waals surface area contributed by atoms with Crippen LogP contribution >= 0.6 is 0 Å². The van der Waals surface area contributed by atoms with Crippen LogP contribution in [0, 0.1) is 11.6 Å². The highest BCUT2D eigenvalue weighted by Gasteiger charge is 2.26. The molecule has 0 unspecified atom stereocenters. The van der Waals surface area contributed by atoms with Crippen molar-refractivity contribution in [3.05, 3.63) is 41.7 Å². The summed E-state index contributed by atoms with van der Waals surface area (Å²) in [4.78, 5) is 0. The maximum absolute atomic E-state index is 13.6. The Morgan fingerprint density at radius 3 is 2.60 bits per heavy atom. The van der Waals surface area contributed by atoms with Crippen molar-refractivity contribution in [1.29, 1.82) is 0 Å². The highest BCUT2D eigenvalue weighted by molar-refractivity contribution is 5.65. The largest absolute Gasteiger partial charge is 0.495 e. The third-order valence-electron chi connectivity index (χ3n) is 3.20. The van der Waals surface area contributed by atoms with Gasteiger partial charge in [-0.2, -0.15) is 8.78 Å². The van der Waals surface area contributed by atoms with Gasteiger partial charge in [-0.25, -0.2) is 8.78 Å². The van der Waals surface area contributed by atoms with Crippen LogP contribution in [0.15, 0.2) is 24.5 Å². The monoisotopic (exact) mass is 290 g/mol. The lowest BCUT2D eigenvalue weighted by atomic mass is 9.96. The first-order valence-corrected chi connectivity index (χ1v) is 6.21. The van der Waals surface area contributed by atoms with Crippen molar-refractivity contribution in [1.82, 2.24) is 0 Å². The summed E-state index contributed by atoms with van der Waals surface area (Å²) >= 11 is 0. The van der Waals surface area contributed by atoms with Crippen LogP contribution in [0.3, 0.4) is 0 Å². The summed E-state index contributed by atoms with van der Waals surface area (Å²) in [7, 11) is 0. The summed E-state index contributed by atoms with van der Waals surface area (Å²) in [5.41, 5.74) is 0.829. The molecule has 0 saturated heterocycles. The lowest BCUT2D eigenvalue weighted by Gasteiger charge is -2.28. The van der Waals surface area contributed by atoms with Gasteiger partial charge >= 0.3 is 6.61 Å². The average Bonchev–Trinajstić information content (AvgIpc) is 2.38. The molecule has 0 saturated carbocycles. The maximum atomic E-state index is 13.6. The molecule has 1 heterocycles. The van der Waals surface area contributed by atoms with Crippen LogP contribution in [-0.2, 0) is 9.47 Å². The van der Waals surface area contributed by atoms with Crippen molar-refractivity contribution in [2.75, 3.05) is 0 Å². The minimum Gasteiger partial charge on any atom is -0.495 e. The Hall–Kier alpha value is -1.56. The summed E-state index contributed by atoms with van der Waals surface area (Å²) < 4.78 is 60.3. The molecule has 1 aliphatic rings. The highest BCUT2D eigenvalue weighted by atomic mass is 19.3. The van der Waals surface area contributed by atoms with Crippen molar-refractivity contribution in [3.63, 3.8) is 0 Å². The number of halogens is 4. The Bertz CT molecular complexity index is 502. The Kier molecular flexibility index (Phi) is 4.65. The summed E-state index contributed by atoms with van der Waals surface area (Å²) in [6.07, 6.45) is 0.943. The maximum Gasteiger partial charge on any atom is 0.345 e. The van der Waals surface area contributed by atoms with Gasteiger partial charge in [-0.1, -0.05) is 0 Å². The van der Waals surface area contributed by atoms with Gasteiger partial charge < -0.3 is 9.47 Å².